The number of aryl methyl sites for hydroxylation is 1. The van der Waals surface area contributed by atoms with Crippen LogP contribution in [0.25, 0.3) is 0 Å². The highest BCUT2D eigenvalue weighted by molar-refractivity contribution is 7.89. The van der Waals surface area contributed by atoms with Crippen LogP contribution in [-0.4, -0.2) is 44.0 Å². The van der Waals surface area contributed by atoms with E-state index in [1.54, 1.807) is 6.92 Å². The standard InChI is InChI=1S/C19H22N2O4S/c1-14-6-7-16(19(22)23)12-18(14)26(24,25)20-9-11-21-10-8-15-4-2-3-5-17(15)13-21/h2-7,12,20H,8-11,13H2,1H3,(H,22,23). The van der Waals surface area contributed by atoms with Gasteiger partial charge >= 0.3 is 5.97 Å². The summed E-state index contributed by atoms with van der Waals surface area (Å²) in [4.78, 5) is 13.3. The van der Waals surface area contributed by atoms with Crippen LogP contribution in [0.1, 0.15) is 27.0 Å². The van der Waals surface area contributed by atoms with Crippen molar-refractivity contribution in [3.05, 3.63) is 64.7 Å². The number of carboxylic acid groups (broad SMARTS) is 1. The lowest BCUT2D eigenvalue weighted by molar-refractivity contribution is 0.0696. The molecule has 2 aromatic rings. The number of aromatic carboxylic acids is 1. The van der Waals surface area contributed by atoms with Crippen molar-refractivity contribution in [1.82, 2.24) is 9.62 Å². The number of carbonyl (C=O) groups is 1. The summed E-state index contributed by atoms with van der Waals surface area (Å²) in [6.45, 7) is 4.24. The first kappa shape index (κ1) is 18.6. The predicted molar refractivity (Wildman–Crippen MR) is 98.7 cm³/mol. The van der Waals surface area contributed by atoms with Gasteiger partial charge in [0.1, 0.15) is 0 Å². The largest absolute Gasteiger partial charge is 0.478 e. The number of rotatable bonds is 6. The first-order valence-electron chi connectivity index (χ1n) is 8.49. The van der Waals surface area contributed by atoms with Crippen molar-refractivity contribution >= 4 is 16.0 Å². The van der Waals surface area contributed by atoms with E-state index in [-0.39, 0.29) is 17.0 Å². The smallest absolute Gasteiger partial charge is 0.335 e. The zero-order valence-corrected chi connectivity index (χ0v) is 15.4. The molecule has 26 heavy (non-hydrogen) atoms. The highest BCUT2D eigenvalue weighted by Gasteiger charge is 2.20. The van der Waals surface area contributed by atoms with Crippen molar-refractivity contribution in [3.8, 4) is 0 Å². The molecule has 0 atom stereocenters. The molecule has 1 aliphatic heterocycles. The van der Waals surface area contributed by atoms with Crippen molar-refractivity contribution in [2.45, 2.75) is 24.8 Å². The molecule has 1 heterocycles. The summed E-state index contributed by atoms with van der Waals surface area (Å²) >= 11 is 0. The van der Waals surface area contributed by atoms with Gasteiger partial charge in [0.15, 0.2) is 0 Å². The number of sulfonamides is 1. The van der Waals surface area contributed by atoms with Crippen LogP contribution in [0, 0.1) is 6.92 Å². The molecule has 0 radical (unpaired) electrons. The van der Waals surface area contributed by atoms with E-state index in [9.17, 15) is 13.2 Å². The SMILES string of the molecule is Cc1ccc(C(=O)O)cc1S(=O)(=O)NCCN1CCc2ccccc2C1. The van der Waals surface area contributed by atoms with E-state index < -0.39 is 16.0 Å². The topological polar surface area (TPSA) is 86.7 Å². The van der Waals surface area contributed by atoms with Gasteiger partial charge in [-0.05, 0) is 42.2 Å². The second kappa shape index (κ2) is 7.57. The van der Waals surface area contributed by atoms with Gasteiger partial charge in [-0.2, -0.15) is 0 Å². The number of hydrogen-bond acceptors (Lipinski definition) is 4. The highest BCUT2D eigenvalue weighted by atomic mass is 32.2. The maximum atomic E-state index is 12.5. The van der Waals surface area contributed by atoms with Gasteiger partial charge in [-0.3, -0.25) is 4.90 Å². The van der Waals surface area contributed by atoms with Crippen molar-refractivity contribution in [2.75, 3.05) is 19.6 Å². The van der Waals surface area contributed by atoms with Crippen LogP contribution < -0.4 is 4.72 Å². The van der Waals surface area contributed by atoms with Crippen LogP contribution in [0.4, 0.5) is 0 Å². The van der Waals surface area contributed by atoms with Crippen LogP contribution in [-0.2, 0) is 23.0 Å². The molecule has 0 bridgehead atoms. The first-order valence-corrected chi connectivity index (χ1v) is 9.98. The Morgan fingerprint density at radius 1 is 1.19 bits per heavy atom. The number of nitrogens with one attached hydrogen (secondary N) is 1. The minimum absolute atomic E-state index is 0.0152. The van der Waals surface area contributed by atoms with E-state index in [0.717, 1.165) is 19.5 Å². The van der Waals surface area contributed by atoms with Gasteiger partial charge in [0.05, 0.1) is 10.5 Å². The molecule has 6 nitrogen and oxygen atoms in total. The summed E-state index contributed by atoms with van der Waals surface area (Å²) in [7, 11) is -3.75. The van der Waals surface area contributed by atoms with Gasteiger partial charge < -0.3 is 5.11 Å². The summed E-state index contributed by atoms with van der Waals surface area (Å²) < 4.78 is 27.7. The van der Waals surface area contributed by atoms with Crippen LogP contribution in [0.2, 0.25) is 0 Å². The molecular weight excluding hydrogens is 352 g/mol. The molecule has 2 N–H and O–H groups in total. The molecule has 0 saturated heterocycles. The van der Waals surface area contributed by atoms with Crippen molar-refractivity contribution in [2.24, 2.45) is 0 Å². The number of carboxylic acids is 1. The Bertz CT molecular complexity index is 925. The number of fused-ring (bicyclic) bond motifs is 1. The quantitative estimate of drug-likeness (QED) is 0.808. The molecule has 0 unspecified atom stereocenters. The molecule has 138 valence electrons. The van der Waals surface area contributed by atoms with Crippen LogP contribution in [0.15, 0.2) is 47.4 Å². The van der Waals surface area contributed by atoms with Gasteiger partial charge in [-0.15, -0.1) is 0 Å². The van der Waals surface area contributed by atoms with Gasteiger partial charge in [0, 0.05) is 26.2 Å². The number of nitrogens with zero attached hydrogens (tertiary/aromatic N) is 1. The molecule has 7 heteroatoms. The molecule has 0 aromatic heterocycles. The third-order valence-electron chi connectivity index (χ3n) is 4.65. The zero-order valence-electron chi connectivity index (χ0n) is 14.6. The lowest BCUT2D eigenvalue weighted by Crippen LogP contribution is -2.38. The third-order valence-corrected chi connectivity index (χ3v) is 6.26. The zero-order chi connectivity index (χ0) is 18.7. The Labute approximate surface area is 153 Å². The average molecular weight is 374 g/mol. The lowest BCUT2D eigenvalue weighted by Gasteiger charge is -2.28. The molecule has 1 aliphatic rings. The fourth-order valence-electron chi connectivity index (χ4n) is 3.18. The summed E-state index contributed by atoms with van der Waals surface area (Å²) in [5.41, 5.74) is 3.12. The van der Waals surface area contributed by atoms with Crippen LogP contribution >= 0.6 is 0 Å². The maximum Gasteiger partial charge on any atom is 0.335 e. The van der Waals surface area contributed by atoms with E-state index in [4.69, 9.17) is 5.11 Å². The Balaban J connectivity index is 1.63. The van der Waals surface area contributed by atoms with Gasteiger partial charge in [-0.1, -0.05) is 30.3 Å². The molecule has 2 aromatic carbocycles. The van der Waals surface area contributed by atoms with Gasteiger partial charge in [0.25, 0.3) is 0 Å². The maximum absolute atomic E-state index is 12.5. The molecule has 0 aliphatic carbocycles. The number of benzene rings is 2. The van der Waals surface area contributed by atoms with Crippen molar-refractivity contribution in [3.63, 3.8) is 0 Å². The lowest BCUT2D eigenvalue weighted by atomic mass is 10.0. The molecule has 0 fully saturated rings. The van der Waals surface area contributed by atoms with Crippen molar-refractivity contribution < 1.29 is 18.3 Å². The van der Waals surface area contributed by atoms with Crippen LogP contribution in [0.5, 0.6) is 0 Å². The van der Waals surface area contributed by atoms with Gasteiger partial charge in [0.2, 0.25) is 10.0 Å². The summed E-state index contributed by atoms with van der Waals surface area (Å²) in [6.07, 6.45) is 0.961. The monoisotopic (exact) mass is 374 g/mol. The number of hydrogen-bond donors (Lipinski definition) is 2. The van der Waals surface area contributed by atoms with E-state index in [1.165, 1.54) is 29.3 Å². The molecule has 0 spiro atoms. The fraction of sp³-hybridized carbons (Fsp3) is 0.316. The normalized spacial score (nSPS) is 14.8. The molecular formula is C19H22N2O4S. The molecule has 0 amide bonds. The Hall–Kier alpha value is -2.22. The summed E-state index contributed by atoms with van der Waals surface area (Å²) in [6, 6.07) is 12.4. The Morgan fingerprint density at radius 2 is 1.92 bits per heavy atom. The Morgan fingerprint density at radius 3 is 2.65 bits per heavy atom. The minimum atomic E-state index is -3.75. The predicted octanol–water partition coefficient (Wildman–Crippen LogP) is 2.03. The van der Waals surface area contributed by atoms with E-state index >= 15 is 0 Å². The summed E-state index contributed by atoms with van der Waals surface area (Å²) in [5, 5.41) is 9.07. The van der Waals surface area contributed by atoms with Gasteiger partial charge in [-0.25, -0.2) is 17.9 Å². The van der Waals surface area contributed by atoms with E-state index in [2.05, 4.69) is 21.8 Å². The molecule has 3 rings (SSSR count). The second-order valence-corrected chi connectivity index (χ2v) is 8.21. The fourth-order valence-corrected chi connectivity index (χ4v) is 4.47. The minimum Gasteiger partial charge on any atom is -0.478 e. The highest BCUT2D eigenvalue weighted by Crippen LogP contribution is 2.19. The van der Waals surface area contributed by atoms with E-state index in [0.29, 0.717) is 12.1 Å². The molecule has 0 saturated carbocycles. The first-order chi connectivity index (χ1) is 12.4. The Kier molecular flexibility index (Phi) is 5.41. The van der Waals surface area contributed by atoms with Crippen molar-refractivity contribution in [1.29, 1.82) is 0 Å². The second-order valence-electron chi connectivity index (χ2n) is 6.48. The van der Waals surface area contributed by atoms with E-state index in [1.807, 2.05) is 12.1 Å². The third kappa shape index (κ3) is 4.12. The summed E-state index contributed by atoms with van der Waals surface area (Å²) in [5.74, 6) is -1.14. The van der Waals surface area contributed by atoms with Crippen LogP contribution in [0.3, 0.4) is 0 Å². The average Bonchev–Trinajstić information content (AvgIpc) is 2.61.